The largest absolute Gasteiger partial charge is 0.367 e. The standard InChI is InChI=1S/C19H29FN4O/c1-2-22-9-11-23(12-10-22)18-7-6-15(13-17(18)20)19(25)24-8-4-3-5-16(24)14-21/h6-7,13,16H,2-5,8-12,14,21H2,1H3/t16-/m1/s1. The van der Waals surface area contributed by atoms with Crippen LogP contribution in [0.3, 0.4) is 0 Å². The SMILES string of the molecule is CCN1CCN(c2ccc(C(=O)N3CCCC[C@@H]3CN)cc2F)CC1. The minimum atomic E-state index is -0.308. The van der Waals surface area contributed by atoms with E-state index in [9.17, 15) is 9.18 Å². The molecule has 0 aromatic heterocycles. The van der Waals surface area contributed by atoms with Crippen LogP contribution in [0.25, 0.3) is 0 Å². The smallest absolute Gasteiger partial charge is 0.254 e. The van der Waals surface area contributed by atoms with E-state index in [4.69, 9.17) is 5.73 Å². The number of piperidine rings is 1. The highest BCUT2D eigenvalue weighted by molar-refractivity contribution is 5.95. The van der Waals surface area contributed by atoms with E-state index in [1.165, 1.54) is 6.07 Å². The van der Waals surface area contributed by atoms with E-state index >= 15 is 0 Å². The van der Waals surface area contributed by atoms with Crippen LogP contribution >= 0.6 is 0 Å². The molecule has 0 saturated carbocycles. The average molecular weight is 348 g/mol. The first-order chi connectivity index (χ1) is 12.1. The molecule has 2 heterocycles. The third-order valence-electron chi connectivity index (χ3n) is 5.51. The van der Waals surface area contributed by atoms with Gasteiger partial charge in [-0.3, -0.25) is 4.79 Å². The molecule has 2 aliphatic heterocycles. The number of amides is 1. The average Bonchev–Trinajstić information content (AvgIpc) is 2.67. The number of halogens is 1. The van der Waals surface area contributed by atoms with E-state index < -0.39 is 0 Å². The lowest BCUT2D eigenvalue weighted by Gasteiger charge is -2.36. The Morgan fingerprint density at radius 1 is 1.20 bits per heavy atom. The van der Waals surface area contributed by atoms with E-state index in [0.29, 0.717) is 24.3 Å². The monoisotopic (exact) mass is 348 g/mol. The second-order valence-corrected chi connectivity index (χ2v) is 6.97. The molecule has 1 amide bonds. The number of carbonyl (C=O) groups is 1. The Morgan fingerprint density at radius 2 is 1.96 bits per heavy atom. The fourth-order valence-electron chi connectivity index (χ4n) is 3.88. The van der Waals surface area contributed by atoms with Crippen LogP contribution in [0, 0.1) is 5.82 Å². The van der Waals surface area contributed by atoms with Crippen LogP contribution in [-0.4, -0.2) is 67.6 Å². The highest BCUT2D eigenvalue weighted by Gasteiger charge is 2.27. The van der Waals surface area contributed by atoms with Crippen LogP contribution in [0.4, 0.5) is 10.1 Å². The predicted molar refractivity (Wildman–Crippen MR) is 98.5 cm³/mol. The molecule has 2 fully saturated rings. The molecule has 1 atom stereocenters. The number of rotatable bonds is 4. The maximum Gasteiger partial charge on any atom is 0.254 e. The number of anilines is 1. The van der Waals surface area contributed by atoms with Crippen LogP contribution in [0.1, 0.15) is 36.5 Å². The third kappa shape index (κ3) is 3.96. The van der Waals surface area contributed by atoms with Gasteiger partial charge in [-0.25, -0.2) is 4.39 Å². The molecule has 3 rings (SSSR count). The van der Waals surface area contributed by atoms with Gasteiger partial charge >= 0.3 is 0 Å². The van der Waals surface area contributed by atoms with Gasteiger partial charge in [0.2, 0.25) is 0 Å². The number of hydrogen-bond acceptors (Lipinski definition) is 4. The molecule has 0 unspecified atom stereocenters. The van der Waals surface area contributed by atoms with Crippen molar-refractivity contribution in [3.8, 4) is 0 Å². The summed E-state index contributed by atoms with van der Waals surface area (Å²) in [5.74, 6) is -0.409. The second-order valence-electron chi connectivity index (χ2n) is 6.97. The molecule has 0 aliphatic carbocycles. The minimum Gasteiger partial charge on any atom is -0.367 e. The second kappa shape index (κ2) is 8.15. The molecule has 2 aliphatic rings. The van der Waals surface area contributed by atoms with Crippen molar-refractivity contribution in [2.45, 2.75) is 32.2 Å². The fraction of sp³-hybridized carbons (Fsp3) is 0.632. The van der Waals surface area contributed by atoms with Gasteiger partial charge in [-0.1, -0.05) is 6.92 Å². The Hall–Kier alpha value is -1.66. The molecule has 0 bridgehead atoms. The molecule has 138 valence electrons. The van der Waals surface area contributed by atoms with Crippen molar-refractivity contribution in [3.63, 3.8) is 0 Å². The Balaban J connectivity index is 1.72. The van der Waals surface area contributed by atoms with Gasteiger partial charge in [-0.05, 0) is 44.0 Å². The summed E-state index contributed by atoms with van der Waals surface area (Å²) in [6.07, 6.45) is 3.03. The van der Waals surface area contributed by atoms with Crippen molar-refractivity contribution in [1.29, 1.82) is 0 Å². The van der Waals surface area contributed by atoms with Gasteiger partial charge in [-0.2, -0.15) is 0 Å². The molecule has 0 spiro atoms. The highest BCUT2D eigenvalue weighted by atomic mass is 19.1. The van der Waals surface area contributed by atoms with Gasteiger partial charge in [0.25, 0.3) is 5.91 Å². The molecular formula is C19H29FN4O. The van der Waals surface area contributed by atoms with Gasteiger partial charge in [0.15, 0.2) is 0 Å². The first-order valence-electron chi connectivity index (χ1n) is 9.42. The van der Waals surface area contributed by atoms with Crippen molar-refractivity contribution < 1.29 is 9.18 Å². The van der Waals surface area contributed by atoms with Gasteiger partial charge in [0, 0.05) is 50.9 Å². The van der Waals surface area contributed by atoms with Crippen LogP contribution in [0.2, 0.25) is 0 Å². The van der Waals surface area contributed by atoms with E-state index in [0.717, 1.165) is 52.0 Å². The zero-order chi connectivity index (χ0) is 17.8. The quantitative estimate of drug-likeness (QED) is 0.903. The van der Waals surface area contributed by atoms with Gasteiger partial charge in [-0.15, -0.1) is 0 Å². The number of likely N-dealkylation sites (N-methyl/N-ethyl adjacent to an activating group) is 1. The van der Waals surface area contributed by atoms with Crippen molar-refractivity contribution in [2.75, 3.05) is 50.7 Å². The zero-order valence-corrected chi connectivity index (χ0v) is 15.1. The number of nitrogens with zero attached hydrogens (tertiary/aromatic N) is 3. The molecule has 1 aromatic rings. The van der Waals surface area contributed by atoms with Crippen LogP contribution in [0.5, 0.6) is 0 Å². The number of nitrogens with two attached hydrogens (primary N) is 1. The number of hydrogen-bond donors (Lipinski definition) is 1. The van der Waals surface area contributed by atoms with Gasteiger partial charge < -0.3 is 20.4 Å². The van der Waals surface area contributed by atoms with E-state index in [1.54, 1.807) is 12.1 Å². The molecule has 6 heteroatoms. The van der Waals surface area contributed by atoms with Crippen molar-refractivity contribution >= 4 is 11.6 Å². The number of likely N-dealkylation sites (tertiary alicyclic amines) is 1. The summed E-state index contributed by atoms with van der Waals surface area (Å²) in [6.45, 7) is 7.88. The summed E-state index contributed by atoms with van der Waals surface area (Å²) in [7, 11) is 0. The number of piperazine rings is 1. The molecule has 5 nitrogen and oxygen atoms in total. The van der Waals surface area contributed by atoms with Gasteiger partial charge in [0.1, 0.15) is 5.82 Å². The van der Waals surface area contributed by atoms with Crippen molar-refractivity contribution in [2.24, 2.45) is 5.73 Å². The topological polar surface area (TPSA) is 52.8 Å². The summed E-state index contributed by atoms with van der Waals surface area (Å²) in [4.78, 5) is 19.0. The fourth-order valence-corrected chi connectivity index (χ4v) is 3.88. The first-order valence-corrected chi connectivity index (χ1v) is 9.42. The maximum absolute atomic E-state index is 14.7. The summed E-state index contributed by atoms with van der Waals surface area (Å²) < 4.78 is 14.7. The lowest BCUT2D eigenvalue weighted by molar-refractivity contribution is 0.0623. The minimum absolute atomic E-state index is 0.0751. The lowest BCUT2D eigenvalue weighted by atomic mass is 10.0. The number of carbonyl (C=O) groups excluding carboxylic acids is 1. The Labute approximate surface area is 149 Å². The normalized spacial score (nSPS) is 22.3. The summed E-state index contributed by atoms with van der Waals surface area (Å²) in [5, 5.41) is 0. The summed E-state index contributed by atoms with van der Waals surface area (Å²) >= 11 is 0. The highest BCUT2D eigenvalue weighted by Crippen LogP contribution is 2.24. The first kappa shape index (κ1) is 18.1. The molecule has 2 saturated heterocycles. The van der Waals surface area contributed by atoms with Crippen LogP contribution < -0.4 is 10.6 Å². The van der Waals surface area contributed by atoms with Crippen molar-refractivity contribution in [1.82, 2.24) is 9.80 Å². The molecule has 2 N–H and O–H groups in total. The third-order valence-corrected chi connectivity index (χ3v) is 5.51. The number of benzene rings is 1. The van der Waals surface area contributed by atoms with Gasteiger partial charge in [0.05, 0.1) is 5.69 Å². The van der Waals surface area contributed by atoms with Crippen LogP contribution in [-0.2, 0) is 0 Å². The molecule has 25 heavy (non-hydrogen) atoms. The van der Waals surface area contributed by atoms with E-state index in [-0.39, 0.29) is 17.8 Å². The maximum atomic E-state index is 14.7. The lowest BCUT2D eigenvalue weighted by Crippen LogP contribution is -2.47. The van der Waals surface area contributed by atoms with Crippen molar-refractivity contribution in [3.05, 3.63) is 29.6 Å². The Morgan fingerprint density at radius 3 is 2.60 bits per heavy atom. The zero-order valence-electron chi connectivity index (χ0n) is 15.1. The molecular weight excluding hydrogens is 319 g/mol. The van der Waals surface area contributed by atoms with E-state index in [1.807, 2.05) is 4.90 Å². The molecule has 1 aromatic carbocycles. The van der Waals surface area contributed by atoms with Crippen LogP contribution in [0.15, 0.2) is 18.2 Å². The Bertz CT molecular complexity index is 601. The Kier molecular flexibility index (Phi) is 5.91. The molecule has 0 radical (unpaired) electrons. The predicted octanol–water partition coefficient (Wildman–Crippen LogP) is 1.92. The summed E-state index contributed by atoms with van der Waals surface area (Å²) in [5.41, 5.74) is 6.83. The van der Waals surface area contributed by atoms with E-state index in [2.05, 4.69) is 16.7 Å². The summed E-state index contributed by atoms with van der Waals surface area (Å²) in [6, 6.07) is 4.98.